The molecule has 0 heterocycles. The highest BCUT2D eigenvalue weighted by Gasteiger charge is 2.37. The molecule has 1 fully saturated rings. The number of aromatic carboxylic acids is 1. The fourth-order valence-electron chi connectivity index (χ4n) is 1.97. The van der Waals surface area contributed by atoms with E-state index in [1.165, 1.54) is 35.7 Å². The topological polar surface area (TPSA) is 83.9 Å². The second-order valence-corrected chi connectivity index (χ2v) is 6.56. The van der Waals surface area contributed by atoms with E-state index in [9.17, 15) is 13.2 Å². The molecule has 1 N–H and O–H groups in total. The summed E-state index contributed by atoms with van der Waals surface area (Å²) >= 11 is 0. The van der Waals surface area contributed by atoms with E-state index < -0.39 is 16.0 Å². The number of carboxylic acids is 1. The van der Waals surface area contributed by atoms with Gasteiger partial charge in [-0.1, -0.05) is 6.07 Å². The molecule has 0 saturated heterocycles. The first kappa shape index (κ1) is 15.0. The molecule has 1 saturated carbocycles. The molecule has 20 heavy (non-hydrogen) atoms. The second-order valence-electron chi connectivity index (χ2n) is 4.67. The van der Waals surface area contributed by atoms with Crippen LogP contribution in [0.15, 0.2) is 29.2 Å². The van der Waals surface area contributed by atoms with Crippen LogP contribution in [-0.2, 0) is 14.8 Å². The van der Waals surface area contributed by atoms with E-state index in [1.807, 2.05) is 0 Å². The molecule has 0 radical (unpaired) electrons. The smallest absolute Gasteiger partial charge is 0.335 e. The number of carboxylic acid groups (broad SMARTS) is 1. The van der Waals surface area contributed by atoms with Gasteiger partial charge in [-0.15, -0.1) is 0 Å². The summed E-state index contributed by atoms with van der Waals surface area (Å²) in [4.78, 5) is 11.0. The van der Waals surface area contributed by atoms with Crippen molar-refractivity contribution in [1.82, 2.24) is 4.31 Å². The molecule has 0 atom stereocenters. The second kappa shape index (κ2) is 5.90. The largest absolute Gasteiger partial charge is 0.478 e. The number of ether oxygens (including phenoxy) is 1. The number of rotatable bonds is 7. The Labute approximate surface area is 118 Å². The van der Waals surface area contributed by atoms with E-state index in [1.54, 1.807) is 0 Å². The molecule has 1 aromatic carbocycles. The highest BCUT2D eigenvalue weighted by molar-refractivity contribution is 7.89. The van der Waals surface area contributed by atoms with E-state index >= 15 is 0 Å². The van der Waals surface area contributed by atoms with Gasteiger partial charge in [0.15, 0.2) is 0 Å². The number of hydrogen-bond acceptors (Lipinski definition) is 4. The minimum atomic E-state index is -3.68. The molecular formula is C13H17NO5S. The van der Waals surface area contributed by atoms with Crippen molar-refractivity contribution in [2.24, 2.45) is 0 Å². The Morgan fingerprint density at radius 1 is 1.45 bits per heavy atom. The van der Waals surface area contributed by atoms with Crippen molar-refractivity contribution in [2.75, 3.05) is 20.3 Å². The van der Waals surface area contributed by atoms with Gasteiger partial charge in [0.2, 0.25) is 10.0 Å². The SMILES string of the molecule is COCCN(C1CC1)S(=O)(=O)c1cccc(C(=O)O)c1. The van der Waals surface area contributed by atoms with Gasteiger partial charge in [0.25, 0.3) is 0 Å². The lowest BCUT2D eigenvalue weighted by molar-refractivity contribution is 0.0696. The van der Waals surface area contributed by atoms with Crippen LogP contribution in [0.1, 0.15) is 23.2 Å². The molecule has 0 aromatic heterocycles. The number of nitrogens with zero attached hydrogens (tertiary/aromatic N) is 1. The van der Waals surface area contributed by atoms with Gasteiger partial charge in [0, 0.05) is 19.7 Å². The summed E-state index contributed by atoms with van der Waals surface area (Å²) in [5.41, 5.74) is -0.0337. The van der Waals surface area contributed by atoms with Gasteiger partial charge in [0.05, 0.1) is 17.1 Å². The van der Waals surface area contributed by atoms with Crippen LogP contribution < -0.4 is 0 Å². The molecular weight excluding hydrogens is 282 g/mol. The molecule has 0 aliphatic heterocycles. The zero-order valence-corrected chi connectivity index (χ0v) is 12.0. The van der Waals surface area contributed by atoms with E-state index in [0.29, 0.717) is 6.61 Å². The summed E-state index contributed by atoms with van der Waals surface area (Å²) in [6, 6.07) is 5.43. The zero-order chi connectivity index (χ0) is 14.8. The fourth-order valence-corrected chi connectivity index (χ4v) is 3.68. The van der Waals surface area contributed by atoms with E-state index in [4.69, 9.17) is 9.84 Å². The van der Waals surface area contributed by atoms with Crippen LogP contribution >= 0.6 is 0 Å². The molecule has 0 amide bonds. The minimum Gasteiger partial charge on any atom is -0.478 e. The normalized spacial score (nSPS) is 15.5. The molecule has 1 aromatic rings. The first-order valence-corrected chi connectivity index (χ1v) is 7.75. The fraction of sp³-hybridized carbons (Fsp3) is 0.462. The van der Waals surface area contributed by atoms with Gasteiger partial charge in [-0.05, 0) is 31.0 Å². The molecule has 6 nitrogen and oxygen atoms in total. The molecule has 1 aliphatic carbocycles. The quantitative estimate of drug-likeness (QED) is 0.817. The van der Waals surface area contributed by atoms with E-state index in [0.717, 1.165) is 12.8 Å². The first-order chi connectivity index (χ1) is 9.46. The minimum absolute atomic E-state index is 0.00336. The Bertz CT molecular complexity index is 595. The highest BCUT2D eigenvalue weighted by atomic mass is 32.2. The van der Waals surface area contributed by atoms with Crippen molar-refractivity contribution < 1.29 is 23.1 Å². The maximum Gasteiger partial charge on any atom is 0.335 e. The van der Waals surface area contributed by atoms with Gasteiger partial charge in [-0.25, -0.2) is 13.2 Å². The van der Waals surface area contributed by atoms with E-state index in [2.05, 4.69) is 0 Å². The maximum absolute atomic E-state index is 12.6. The third-order valence-electron chi connectivity index (χ3n) is 3.16. The first-order valence-electron chi connectivity index (χ1n) is 6.31. The third kappa shape index (κ3) is 3.17. The number of methoxy groups -OCH3 is 1. The maximum atomic E-state index is 12.6. The Hall–Kier alpha value is -1.44. The molecule has 0 bridgehead atoms. The lowest BCUT2D eigenvalue weighted by Crippen LogP contribution is -2.35. The van der Waals surface area contributed by atoms with Gasteiger partial charge < -0.3 is 9.84 Å². The van der Waals surface area contributed by atoms with Crippen molar-refractivity contribution in [3.05, 3.63) is 29.8 Å². The Morgan fingerprint density at radius 3 is 2.70 bits per heavy atom. The van der Waals surface area contributed by atoms with Crippen molar-refractivity contribution in [3.8, 4) is 0 Å². The predicted molar refractivity (Wildman–Crippen MR) is 72.2 cm³/mol. The van der Waals surface area contributed by atoms with Crippen LogP contribution in [0.25, 0.3) is 0 Å². The standard InChI is InChI=1S/C13H17NO5S/c1-19-8-7-14(11-5-6-11)20(17,18)12-4-2-3-10(9-12)13(15)16/h2-4,9,11H,5-8H2,1H3,(H,15,16). The molecule has 7 heteroatoms. The molecule has 2 rings (SSSR count). The average molecular weight is 299 g/mol. The van der Waals surface area contributed by atoms with Gasteiger partial charge >= 0.3 is 5.97 Å². The van der Waals surface area contributed by atoms with Crippen molar-refractivity contribution in [3.63, 3.8) is 0 Å². The van der Waals surface area contributed by atoms with Crippen LogP contribution in [-0.4, -0.2) is 50.1 Å². The summed E-state index contributed by atoms with van der Waals surface area (Å²) in [6.07, 6.45) is 1.67. The highest BCUT2D eigenvalue weighted by Crippen LogP contribution is 2.31. The lowest BCUT2D eigenvalue weighted by Gasteiger charge is -2.21. The van der Waals surface area contributed by atoms with Gasteiger partial charge in [-0.3, -0.25) is 0 Å². The lowest BCUT2D eigenvalue weighted by atomic mass is 10.2. The van der Waals surface area contributed by atoms with Crippen LogP contribution in [0, 0.1) is 0 Å². The average Bonchev–Trinajstić information content (AvgIpc) is 3.23. The summed E-state index contributed by atoms with van der Waals surface area (Å²) in [6.45, 7) is 0.592. The zero-order valence-electron chi connectivity index (χ0n) is 11.2. The molecule has 0 unspecified atom stereocenters. The number of benzene rings is 1. The van der Waals surface area contributed by atoms with Crippen LogP contribution in [0.5, 0.6) is 0 Å². The molecule has 110 valence electrons. The molecule has 0 spiro atoms. The van der Waals surface area contributed by atoms with Crippen LogP contribution in [0.2, 0.25) is 0 Å². The van der Waals surface area contributed by atoms with Gasteiger partial charge in [0.1, 0.15) is 0 Å². The number of hydrogen-bond donors (Lipinski definition) is 1. The van der Waals surface area contributed by atoms with Crippen molar-refractivity contribution in [1.29, 1.82) is 0 Å². The van der Waals surface area contributed by atoms with Crippen molar-refractivity contribution >= 4 is 16.0 Å². The van der Waals surface area contributed by atoms with Crippen LogP contribution in [0.4, 0.5) is 0 Å². The van der Waals surface area contributed by atoms with E-state index in [-0.39, 0.29) is 23.0 Å². The summed E-state index contributed by atoms with van der Waals surface area (Å²) in [7, 11) is -2.16. The number of carbonyl (C=O) groups is 1. The Kier molecular flexibility index (Phi) is 4.42. The predicted octanol–water partition coefficient (Wildman–Crippen LogP) is 1.18. The summed E-state index contributed by atoms with van der Waals surface area (Å²) in [5, 5.41) is 8.95. The van der Waals surface area contributed by atoms with Gasteiger partial charge in [-0.2, -0.15) is 4.31 Å². The Balaban J connectivity index is 2.32. The van der Waals surface area contributed by atoms with Crippen molar-refractivity contribution in [2.45, 2.75) is 23.8 Å². The summed E-state index contributed by atoms with van der Waals surface area (Å²) in [5.74, 6) is -1.14. The third-order valence-corrected chi connectivity index (χ3v) is 5.11. The monoisotopic (exact) mass is 299 g/mol. The number of sulfonamides is 1. The summed E-state index contributed by atoms with van der Waals surface area (Å²) < 4.78 is 31.5. The van der Waals surface area contributed by atoms with Crippen LogP contribution in [0.3, 0.4) is 0 Å². The Morgan fingerprint density at radius 2 is 2.15 bits per heavy atom. The molecule has 1 aliphatic rings.